The number of amides is 1. The standard InChI is InChI=1S/C19H18Cl2N2O4/c1-9(24)10-7-12-15(16(25)19(2,3)27-18(12)22-8-10)23-17(26)11-5-4-6-13(20)14(11)21/h4-8,15-16,25H,1-3H3,(H,23,26)/t15-,16+/m0/s1. The van der Waals surface area contributed by atoms with Gasteiger partial charge in [-0.15, -0.1) is 0 Å². The van der Waals surface area contributed by atoms with Crippen LogP contribution in [0.2, 0.25) is 10.0 Å². The fraction of sp³-hybridized carbons (Fsp3) is 0.316. The highest BCUT2D eigenvalue weighted by Crippen LogP contribution is 2.39. The van der Waals surface area contributed by atoms with Crippen molar-refractivity contribution in [1.29, 1.82) is 0 Å². The van der Waals surface area contributed by atoms with E-state index >= 15 is 0 Å². The Kier molecular flexibility index (Phi) is 5.16. The van der Waals surface area contributed by atoms with E-state index in [1.807, 2.05) is 0 Å². The van der Waals surface area contributed by atoms with Gasteiger partial charge in [0.15, 0.2) is 5.78 Å². The first-order chi connectivity index (χ1) is 12.6. The molecule has 1 aromatic carbocycles. The number of fused-ring (bicyclic) bond motifs is 1. The normalized spacial score (nSPS) is 20.4. The minimum atomic E-state index is -1.09. The van der Waals surface area contributed by atoms with Crippen LogP contribution in [0, 0.1) is 0 Å². The van der Waals surface area contributed by atoms with Crippen molar-refractivity contribution < 1.29 is 19.4 Å². The zero-order chi connectivity index (χ0) is 19.9. The van der Waals surface area contributed by atoms with E-state index in [1.165, 1.54) is 19.2 Å². The van der Waals surface area contributed by atoms with E-state index in [1.54, 1.807) is 32.0 Å². The predicted molar refractivity (Wildman–Crippen MR) is 102 cm³/mol. The number of aromatic nitrogens is 1. The Morgan fingerprint density at radius 1 is 1.30 bits per heavy atom. The Bertz CT molecular complexity index is 930. The van der Waals surface area contributed by atoms with E-state index in [4.69, 9.17) is 27.9 Å². The maximum absolute atomic E-state index is 12.8. The number of Topliss-reactive ketones (excluding diaryl/α,β-unsaturated/α-hetero) is 1. The van der Waals surface area contributed by atoms with Crippen molar-refractivity contribution in [2.45, 2.75) is 38.5 Å². The Balaban J connectivity index is 2.03. The molecule has 0 bridgehead atoms. The van der Waals surface area contributed by atoms with Gasteiger partial charge in [0.1, 0.15) is 11.7 Å². The molecule has 0 aliphatic carbocycles. The molecule has 1 amide bonds. The summed E-state index contributed by atoms with van der Waals surface area (Å²) < 4.78 is 5.76. The van der Waals surface area contributed by atoms with Gasteiger partial charge in [0.2, 0.25) is 5.88 Å². The van der Waals surface area contributed by atoms with Crippen LogP contribution in [-0.4, -0.2) is 33.5 Å². The van der Waals surface area contributed by atoms with Gasteiger partial charge in [-0.3, -0.25) is 9.59 Å². The first kappa shape index (κ1) is 19.6. The largest absolute Gasteiger partial charge is 0.469 e. The molecule has 0 spiro atoms. The summed E-state index contributed by atoms with van der Waals surface area (Å²) in [5.74, 6) is -0.450. The van der Waals surface area contributed by atoms with Gasteiger partial charge in [-0.1, -0.05) is 29.3 Å². The molecule has 2 heterocycles. The van der Waals surface area contributed by atoms with Crippen LogP contribution < -0.4 is 10.1 Å². The Morgan fingerprint density at radius 2 is 2.00 bits per heavy atom. The SMILES string of the molecule is CC(=O)c1cnc2c(c1)[C@H](NC(=O)c1cccc(Cl)c1Cl)[C@@H](O)C(C)(C)O2. The minimum Gasteiger partial charge on any atom is -0.469 e. The molecule has 0 saturated heterocycles. The number of aliphatic hydroxyl groups excluding tert-OH is 1. The number of aliphatic hydroxyl groups is 1. The molecule has 3 rings (SSSR count). The quantitative estimate of drug-likeness (QED) is 0.757. The highest BCUT2D eigenvalue weighted by atomic mass is 35.5. The number of ketones is 1. The maximum Gasteiger partial charge on any atom is 0.253 e. The number of benzene rings is 1. The summed E-state index contributed by atoms with van der Waals surface area (Å²) in [5, 5.41) is 13.9. The lowest BCUT2D eigenvalue weighted by molar-refractivity contribution is -0.0656. The summed E-state index contributed by atoms with van der Waals surface area (Å²) in [4.78, 5) is 28.7. The highest BCUT2D eigenvalue weighted by Gasteiger charge is 2.44. The van der Waals surface area contributed by atoms with Crippen molar-refractivity contribution in [1.82, 2.24) is 10.3 Å². The smallest absolute Gasteiger partial charge is 0.253 e. The lowest BCUT2D eigenvalue weighted by Gasteiger charge is -2.41. The third-order valence-corrected chi connectivity index (χ3v) is 5.31. The number of halogens is 2. The van der Waals surface area contributed by atoms with Crippen LogP contribution in [-0.2, 0) is 0 Å². The lowest BCUT2D eigenvalue weighted by Crippen LogP contribution is -2.53. The average Bonchev–Trinajstić information content (AvgIpc) is 2.60. The molecule has 6 nitrogen and oxygen atoms in total. The van der Waals surface area contributed by atoms with E-state index in [2.05, 4.69) is 10.3 Å². The van der Waals surface area contributed by atoms with Gasteiger partial charge < -0.3 is 15.2 Å². The number of nitrogens with one attached hydrogen (secondary N) is 1. The van der Waals surface area contributed by atoms with E-state index in [0.717, 1.165) is 0 Å². The monoisotopic (exact) mass is 408 g/mol. The molecule has 2 atom stereocenters. The second kappa shape index (κ2) is 7.11. The highest BCUT2D eigenvalue weighted by molar-refractivity contribution is 6.43. The Hall–Kier alpha value is -2.15. The molecule has 1 aliphatic heterocycles. The number of rotatable bonds is 3. The van der Waals surface area contributed by atoms with Crippen molar-refractivity contribution in [3.8, 4) is 5.88 Å². The van der Waals surface area contributed by atoms with Crippen LogP contribution >= 0.6 is 23.2 Å². The lowest BCUT2D eigenvalue weighted by atomic mass is 9.87. The van der Waals surface area contributed by atoms with Crippen molar-refractivity contribution in [2.24, 2.45) is 0 Å². The number of pyridine rings is 1. The molecule has 1 aliphatic rings. The van der Waals surface area contributed by atoms with Crippen LogP contribution in [0.4, 0.5) is 0 Å². The molecule has 2 N–H and O–H groups in total. The summed E-state index contributed by atoms with van der Waals surface area (Å²) >= 11 is 12.1. The number of ether oxygens (including phenoxy) is 1. The molecule has 0 radical (unpaired) electrons. The van der Waals surface area contributed by atoms with Crippen molar-refractivity contribution in [3.05, 3.63) is 57.2 Å². The molecule has 0 fully saturated rings. The predicted octanol–water partition coefficient (Wildman–Crippen LogP) is 3.59. The van der Waals surface area contributed by atoms with Gasteiger partial charge in [-0.25, -0.2) is 4.98 Å². The summed E-state index contributed by atoms with van der Waals surface area (Å²) in [5.41, 5.74) is -0.0587. The van der Waals surface area contributed by atoms with Crippen LogP contribution in [0.5, 0.6) is 5.88 Å². The number of hydrogen-bond acceptors (Lipinski definition) is 5. The van der Waals surface area contributed by atoms with E-state index < -0.39 is 23.7 Å². The van der Waals surface area contributed by atoms with Gasteiger partial charge in [-0.05, 0) is 39.0 Å². The second-order valence-corrected chi connectivity index (χ2v) is 7.66. The molecule has 0 saturated carbocycles. The molecule has 27 heavy (non-hydrogen) atoms. The molecule has 0 unspecified atom stereocenters. The fourth-order valence-corrected chi connectivity index (χ4v) is 3.29. The van der Waals surface area contributed by atoms with Gasteiger partial charge in [0, 0.05) is 17.3 Å². The molecule has 142 valence electrons. The number of carbonyl (C=O) groups excluding carboxylic acids is 2. The maximum atomic E-state index is 12.8. The average molecular weight is 409 g/mol. The summed E-state index contributed by atoms with van der Waals surface area (Å²) in [6.45, 7) is 4.78. The van der Waals surface area contributed by atoms with Gasteiger partial charge in [0.05, 0.1) is 21.7 Å². The number of hydrogen-bond donors (Lipinski definition) is 2. The Morgan fingerprint density at radius 3 is 2.67 bits per heavy atom. The summed E-state index contributed by atoms with van der Waals surface area (Å²) in [7, 11) is 0. The van der Waals surface area contributed by atoms with Crippen molar-refractivity contribution in [2.75, 3.05) is 0 Å². The van der Waals surface area contributed by atoms with Crippen LogP contribution in [0.3, 0.4) is 0 Å². The summed E-state index contributed by atoms with van der Waals surface area (Å²) in [6, 6.07) is 5.43. The van der Waals surface area contributed by atoms with Crippen molar-refractivity contribution in [3.63, 3.8) is 0 Å². The van der Waals surface area contributed by atoms with Gasteiger partial charge in [-0.2, -0.15) is 0 Å². The number of nitrogens with zero attached hydrogens (tertiary/aromatic N) is 1. The third kappa shape index (κ3) is 3.65. The van der Waals surface area contributed by atoms with Crippen molar-refractivity contribution >= 4 is 34.9 Å². The fourth-order valence-electron chi connectivity index (χ4n) is 2.91. The topological polar surface area (TPSA) is 88.5 Å². The van der Waals surface area contributed by atoms with Gasteiger partial charge >= 0.3 is 0 Å². The van der Waals surface area contributed by atoms with Crippen LogP contribution in [0.25, 0.3) is 0 Å². The van der Waals surface area contributed by atoms with Crippen LogP contribution in [0.15, 0.2) is 30.5 Å². The second-order valence-electron chi connectivity index (χ2n) is 6.88. The molecule has 8 heteroatoms. The summed E-state index contributed by atoms with van der Waals surface area (Å²) in [6.07, 6.45) is 0.317. The first-order valence-electron chi connectivity index (χ1n) is 8.24. The minimum absolute atomic E-state index is 0.119. The zero-order valence-corrected chi connectivity index (χ0v) is 16.4. The Labute approximate surface area is 166 Å². The van der Waals surface area contributed by atoms with E-state index in [0.29, 0.717) is 11.1 Å². The van der Waals surface area contributed by atoms with E-state index in [9.17, 15) is 14.7 Å². The molecule has 1 aromatic heterocycles. The van der Waals surface area contributed by atoms with E-state index in [-0.39, 0.29) is 27.3 Å². The first-order valence-corrected chi connectivity index (χ1v) is 9.00. The molecular weight excluding hydrogens is 391 g/mol. The van der Waals surface area contributed by atoms with Crippen LogP contribution in [0.1, 0.15) is 53.1 Å². The molecule has 2 aromatic rings. The zero-order valence-electron chi connectivity index (χ0n) is 14.9. The third-order valence-electron chi connectivity index (χ3n) is 4.49. The molecular formula is C19H18Cl2N2O4. The number of carbonyl (C=O) groups is 2. The van der Waals surface area contributed by atoms with Gasteiger partial charge in [0.25, 0.3) is 5.91 Å².